The second-order valence-electron chi connectivity index (χ2n) is 7.42. The monoisotopic (exact) mass is 456 g/mol. The predicted octanol–water partition coefficient (Wildman–Crippen LogP) is 2.46. The largest absolute Gasteiger partial charge is 0.507 e. The number of piperazine rings is 1. The van der Waals surface area contributed by atoms with E-state index >= 15 is 0 Å². The summed E-state index contributed by atoms with van der Waals surface area (Å²) in [5, 5.41) is 10.7. The summed E-state index contributed by atoms with van der Waals surface area (Å²) in [4.78, 5) is 39.6. The summed E-state index contributed by atoms with van der Waals surface area (Å²) < 4.78 is 10.6. The number of carbonyl (C=O) groups excluding carboxylic acids is 2. The van der Waals surface area contributed by atoms with Crippen LogP contribution in [0.4, 0.5) is 0 Å². The highest BCUT2D eigenvalue weighted by atomic mass is 32.1. The quantitative estimate of drug-likeness (QED) is 0.629. The fourth-order valence-electron chi connectivity index (χ4n) is 3.77. The summed E-state index contributed by atoms with van der Waals surface area (Å²) in [6.45, 7) is 3.71. The Kier molecular flexibility index (Phi) is 6.24. The first-order valence-electron chi connectivity index (χ1n) is 10.1. The molecule has 3 heterocycles. The van der Waals surface area contributed by atoms with Gasteiger partial charge in [0.2, 0.25) is 5.88 Å². The molecule has 0 saturated carbocycles. The van der Waals surface area contributed by atoms with Crippen molar-refractivity contribution in [3.8, 4) is 11.6 Å². The van der Waals surface area contributed by atoms with Gasteiger partial charge >= 0.3 is 0 Å². The number of para-hydroxylation sites is 1. The molecule has 9 nitrogen and oxygen atoms in total. The molecule has 1 fully saturated rings. The Labute approximate surface area is 189 Å². The highest BCUT2D eigenvalue weighted by molar-refractivity contribution is 7.20. The van der Waals surface area contributed by atoms with E-state index in [-0.39, 0.29) is 29.7 Å². The maximum absolute atomic E-state index is 13.3. The first-order chi connectivity index (χ1) is 15.4. The summed E-state index contributed by atoms with van der Waals surface area (Å²) in [6, 6.07) is 6.48. The summed E-state index contributed by atoms with van der Waals surface area (Å²) in [5.74, 6) is 0.538. The lowest BCUT2D eigenvalue weighted by atomic mass is 10.1. The Morgan fingerprint density at radius 2 is 1.72 bits per heavy atom. The minimum Gasteiger partial charge on any atom is -0.507 e. The molecule has 1 saturated heterocycles. The number of aromatic nitrogens is 2. The van der Waals surface area contributed by atoms with Crippen molar-refractivity contribution in [2.45, 2.75) is 13.5 Å². The van der Waals surface area contributed by atoms with E-state index in [2.05, 4.69) is 9.97 Å². The van der Waals surface area contributed by atoms with Crippen molar-refractivity contribution in [3.63, 3.8) is 0 Å². The van der Waals surface area contributed by atoms with Crippen LogP contribution < -0.4 is 4.74 Å². The number of carbonyl (C=O) groups is 2. The lowest BCUT2D eigenvalue weighted by molar-refractivity contribution is 0.0536. The molecular formula is C22H24N4O5S. The molecule has 2 amide bonds. The number of methoxy groups -OCH3 is 2. The average Bonchev–Trinajstić information content (AvgIpc) is 3.14. The van der Waals surface area contributed by atoms with Gasteiger partial charge in [-0.15, -0.1) is 11.3 Å². The molecule has 0 bridgehead atoms. The Hall–Kier alpha value is -3.24. The Morgan fingerprint density at radius 1 is 1.06 bits per heavy atom. The third-order valence-electron chi connectivity index (χ3n) is 5.45. The molecule has 3 aromatic rings. The number of ether oxygens (including phenoxy) is 2. The zero-order chi connectivity index (χ0) is 22.8. The summed E-state index contributed by atoms with van der Waals surface area (Å²) in [7, 11) is 3.11. The predicted molar refractivity (Wildman–Crippen MR) is 119 cm³/mol. The Morgan fingerprint density at radius 3 is 2.34 bits per heavy atom. The van der Waals surface area contributed by atoms with E-state index in [1.165, 1.54) is 24.5 Å². The second kappa shape index (κ2) is 9.09. The van der Waals surface area contributed by atoms with Gasteiger partial charge in [-0.2, -0.15) is 4.98 Å². The zero-order valence-corrected chi connectivity index (χ0v) is 18.9. The molecule has 0 radical (unpaired) electrons. The van der Waals surface area contributed by atoms with Crippen molar-refractivity contribution in [1.82, 2.24) is 19.8 Å². The molecule has 4 rings (SSSR count). The molecule has 0 aliphatic carbocycles. The van der Waals surface area contributed by atoms with E-state index < -0.39 is 0 Å². The van der Waals surface area contributed by atoms with Crippen molar-refractivity contribution in [2.24, 2.45) is 0 Å². The number of fused-ring (bicyclic) bond motifs is 1. The van der Waals surface area contributed by atoms with Crippen LogP contribution in [0, 0.1) is 6.92 Å². The van der Waals surface area contributed by atoms with Gasteiger partial charge in [0, 0.05) is 33.3 Å². The number of benzene rings is 1. The number of amides is 2. The van der Waals surface area contributed by atoms with Gasteiger partial charge in [0.15, 0.2) is 5.82 Å². The number of thiophene rings is 1. The van der Waals surface area contributed by atoms with Crippen molar-refractivity contribution in [1.29, 1.82) is 0 Å². The molecule has 0 spiro atoms. The van der Waals surface area contributed by atoms with Crippen molar-refractivity contribution in [3.05, 3.63) is 46.1 Å². The third kappa shape index (κ3) is 3.98. The van der Waals surface area contributed by atoms with E-state index in [0.29, 0.717) is 47.6 Å². The lowest BCUT2D eigenvalue weighted by Crippen LogP contribution is -2.50. The van der Waals surface area contributed by atoms with E-state index in [1.54, 1.807) is 35.1 Å². The van der Waals surface area contributed by atoms with Crippen LogP contribution in [0.3, 0.4) is 0 Å². The zero-order valence-electron chi connectivity index (χ0n) is 18.1. The second-order valence-corrected chi connectivity index (χ2v) is 8.42. The van der Waals surface area contributed by atoms with Gasteiger partial charge in [-0.3, -0.25) is 9.59 Å². The maximum Gasteiger partial charge on any atom is 0.264 e. The topological polar surface area (TPSA) is 105 Å². The highest BCUT2D eigenvalue weighted by Crippen LogP contribution is 2.36. The van der Waals surface area contributed by atoms with Crippen LogP contribution in [0.25, 0.3) is 10.2 Å². The van der Waals surface area contributed by atoms with E-state index in [1.807, 2.05) is 6.92 Å². The molecule has 0 unspecified atom stereocenters. The molecular weight excluding hydrogens is 432 g/mol. The Balaban J connectivity index is 1.52. The van der Waals surface area contributed by atoms with E-state index in [0.717, 1.165) is 10.9 Å². The molecule has 1 aliphatic rings. The average molecular weight is 457 g/mol. The Bertz CT molecular complexity index is 1170. The number of phenols is 1. The molecule has 2 aromatic heterocycles. The van der Waals surface area contributed by atoms with Crippen molar-refractivity contribution >= 4 is 33.4 Å². The molecule has 10 heteroatoms. The van der Waals surface area contributed by atoms with Gasteiger partial charge in [0.25, 0.3) is 11.8 Å². The number of aryl methyl sites for hydroxylation is 1. The summed E-state index contributed by atoms with van der Waals surface area (Å²) >= 11 is 1.31. The van der Waals surface area contributed by atoms with Gasteiger partial charge in [-0.1, -0.05) is 12.1 Å². The molecule has 0 atom stereocenters. The van der Waals surface area contributed by atoms with Crippen molar-refractivity contribution < 1.29 is 24.2 Å². The van der Waals surface area contributed by atoms with Crippen LogP contribution in [0.5, 0.6) is 11.6 Å². The highest BCUT2D eigenvalue weighted by Gasteiger charge is 2.29. The van der Waals surface area contributed by atoms with Crippen LogP contribution in [-0.2, 0) is 11.3 Å². The first-order valence-corrected chi connectivity index (χ1v) is 11.0. The van der Waals surface area contributed by atoms with Crippen LogP contribution in [-0.4, -0.2) is 77.1 Å². The van der Waals surface area contributed by atoms with Gasteiger partial charge in [0.1, 0.15) is 17.2 Å². The summed E-state index contributed by atoms with van der Waals surface area (Å²) in [6.07, 6.45) is 0. The molecule has 1 aliphatic heterocycles. The lowest BCUT2D eigenvalue weighted by Gasteiger charge is -2.34. The molecule has 32 heavy (non-hydrogen) atoms. The van der Waals surface area contributed by atoms with Gasteiger partial charge in [-0.05, 0) is 24.6 Å². The smallest absolute Gasteiger partial charge is 0.264 e. The number of aromatic hydroxyl groups is 1. The third-order valence-corrected chi connectivity index (χ3v) is 6.63. The van der Waals surface area contributed by atoms with Crippen LogP contribution in [0.1, 0.15) is 31.4 Å². The van der Waals surface area contributed by atoms with E-state index in [9.17, 15) is 14.7 Å². The molecule has 168 valence electrons. The normalized spacial score (nSPS) is 14.1. The van der Waals surface area contributed by atoms with Gasteiger partial charge in [0.05, 0.1) is 22.9 Å². The number of hydrogen-bond donors (Lipinski definition) is 1. The SMILES string of the molecule is COCc1nc(OC)c2c(C)c(C(=O)N3CCN(C(=O)c4ccccc4O)CC3)sc2n1. The molecule has 1 aromatic carbocycles. The van der Waals surface area contributed by atoms with Crippen LogP contribution >= 0.6 is 11.3 Å². The van der Waals surface area contributed by atoms with Gasteiger partial charge < -0.3 is 24.4 Å². The van der Waals surface area contributed by atoms with Crippen LogP contribution in [0.15, 0.2) is 24.3 Å². The number of hydrogen-bond acceptors (Lipinski definition) is 8. The van der Waals surface area contributed by atoms with E-state index in [4.69, 9.17) is 9.47 Å². The van der Waals surface area contributed by atoms with Crippen LogP contribution in [0.2, 0.25) is 0 Å². The van der Waals surface area contributed by atoms with Gasteiger partial charge in [-0.25, -0.2) is 4.98 Å². The minimum absolute atomic E-state index is 0.0418. The molecule has 1 N–H and O–H groups in total. The maximum atomic E-state index is 13.3. The summed E-state index contributed by atoms with van der Waals surface area (Å²) in [5.41, 5.74) is 1.05. The first kappa shape index (κ1) is 22.0. The standard InChI is InChI=1S/C22H24N4O5S/c1-13-17-19(31-3)23-16(12-30-2)24-20(17)32-18(13)22(29)26-10-8-25(9-11-26)21(28)14-6-4-5-7-15(14)27/h4-7,27H,8-12H2,1-3H3. The number of nitrogens with zero attached hydrogens (tertiary/aromatic N) is 4. The minimum atomic E-state index is -0.237. The number of rotatable bonds is 5. The fraction of sp³-hybridized carbons (Fsp3) is 0.364. The van der Waals surface area contributed by atoms with Crippen molar-refractivity contribution in [2.75, 3.05) is 40.4 Å². The number of phenolic OH excluding ortho intramolecular Hbond substituents is 1. The fourth-order valence-corrected chi connectivity index (χ4v) is 4.93.